The molecule has 2 nitrogen and oxygen atoms in total. The summed E-state index contributed by atoms with van der Waals surface area (Å²) in [7, 11) is 0. The molecule has 2 rings (SSSR count). The van der Waals surface area contributed by atoms with Gasteiger partial charge in [0.15, 0.2) is 0 Å². The second-order valence-electron chi connectivity index (χ2n) is 5.31. The average molecular weight is 310 g/mol. The fourth-order valence-electron chi connectivity index (χ4n) is 2.58. The van der Waals surface area contributed by atoms with E-state index < -0.39 is 0 Å². The van der Waals surface area contributed by atoms with Crippen LogP contribution >= 0.6 is 15.9 Å². The van der Waals surface area contributed by atoms with Gasteiger partial charge in [-0.15, -0.1) is 0 Å². The SMILES string of the molecule is CC1CCCN(C(=O)C(C)c2cccc(Br)c2)C1. The zero-order chi connectivity index (χ0) is 13.1. The van der Waals surface area contributed by atoms with Gasteiger partial charge in [0.2, 0.25) is 5.91 Å². The van der Waals surface area contributed by atoms with E-state index in [1.54, 1.807) is 0 Å². The van der Waals surface area contributed by atoms with Crippen molar-refractivity contribution >= 4 is 21.8 Å². The molecule has 0 saturated carbocycles. The van der Waals surface area contributed by atoms with E-state index in [2.05, 4.69) is 22.9 Å². The van der Waals surface area contributed by atoms with Crippen LogP contribution in [0.3, 0.4) is 0 Å². The van der Waals surface area contributed by atoms with Crippen molar-refractivity contribution < 1.29 is 4.79 Å². The fourth-order valence-corrected chi connectivity index (χ4v) is 3.00. The summed E-state index contributed by atoms with van der Waals surface area (Å²) in [6, 6.07) is 8.04. The highest BCUT2D eigenvalue weighted by molar-refractivity contribution is 9.10. The lowest BCUT2D eigenvalue weighted by molar-refractivity contribution is -0.134. The second-order valence-corrected chi connectivity index (χ2v) is 6.22. The molecule has 0 spiro atoms. The van der Waals surface area contributed by atoms with Crippen molar-refractivity contribution in [1.82, 2.24) is 4.90 Å². The first-order chi connectivity index (χ1) is 8.58. The molecule has 1 aliphatic heterocycles. The first-order valence-corrected chi connectivity index (χ1v) is 7.41. The molecule has 1 amide bonds. The molecule has 1 aromatic carbocycles. The predicted molar refractivity (Wildman–Crippen MR) is 77.5 cm³/mol. The Morgan fingerprint density at radius 1 is 1.50 bits per heavy atom. The number of halogens is 1. The Morgan fingerprint density at radius 3 is 2.94 bits per heavy atom. The number of hydrogen-bond acceptors (Lipinski definition) is 1. The van der Waals surface area contributed by atoms with Crippen molar-refractivity contribution in [3.8, 4) is 0 Å². The third-order valence-corrected chi connectivity index (χ3v) is 4.18. The zero-order valence-electron chi connectivity index (χ0n) is 11.0. The van der Waals surface area contributed by atoms with Crippen LogP contribution in [0.2, 0.25) is 0 Å². The molecule has 1 fully saturated rings. The first-order valence-electron chi connectivity index (χ1n) is 6.62. The third-order valence-electron chi connectivity index (χ3n) is 3.69. The van der Waals surface area contributed by atoms with E-state index >= 15 is 0 Å². The molecular formula is C15H20BrNO. The topological polar surface area (TPSA) is 20.3 Å². The molecule has 1 aliphatic rings. The van der Waals surface area contributed by atoms with Crippen LogP contribution in [0.1, 0.15) is 38.2 Å². The van der Waals surface area contributed by atoms with Gasteiger partial charge in [0, 0.05) is 17.6 Å². The summed E-state index contributed by atoms with van der Waals surface area (Å²) in [6.07, 6.45) is 2.38. The normalized spacial score (nSPS) is 21.7. The van der Waals surface area contributed by atoms with E-state index in [0.29, 0.717) is 5.92 Å². The minimum atomic E-state index is -0.0483. The van der Waals surface area contributed by atoms with Gasteiger partial charge in [0.25, 0.3) is 0 Å². The van der Waals surface area contributed by atoms with Gasteiger partial charge < -0.3 is 4.90 Å². The molecule has 0 aromatic heterocycles. The van der Waals surface area contributed by atoms with Crippen LogP contribution in [-0.2, 0) is 4.79 Å². The lowest BCUT2D eigenvalue weighted by Gasteiger charge is -2.33. The molecule has 2 atom stereocenters. The number of amides is 1. The maximum absolute atomic E-state index is 12.5. The van der Waals surface area contributed by atoms with Gasteiger partial charge >= 0.3 is 0 Å². The van der Waals surface area contributed by atoms with Crippen LogP contribution in [0.5, 0.6) is 0 Å². The van der Waals surface area contributed by atoms with Crippen molar-refractivity contribution in [2.24, 2.45) is 5.92 Å². The summed E-state index contributed by atoms with van der Waals surface area (Å²) in [5.74, 6) is 0.852. The Labute approximate surface area is 117 Å². The standard InChI is InChI=1S/C15H20BrNO/c1-11-5-4-8-17(10-11)15(18)12(2)13-6-3-7-14(16)9-13/h3,6-7,9,11-12H,4-5,8,10H2,1-2H3. The molecule has 2 unspecified atom stereocenters. The van der Waals surface area contributed by atoms with Gasteiger partial charge in [-0.1, -0.05) is 35.0 Å². The number of rotatable bonds is 2. The number of carbonyl (C=O) groups excluding carboxylic acids is 1. The fraction of sp³-hybridized carbons (Fsp3) is 0.533. The van der Waals surface area contributed by atoms with Gasteiger partial charge in [-0.05, 0) is 43.4 Å². The monoisotopic (exact) mass is 309 g/mol. The Hall–Kier alpha value is -0.830. The lowest BCUT2D eigenvalue weighted by atomic mass is 9.95. The molecule has 0 aliphatic carbocycles. The zero-order valence-corrected chi connectivity index (χ0v) is 12.6. The predicted octanol–water partition coefficient (Wildman–Crippen LogP) is 3.81. The van der Waals surface area contributed by atoms with E-state index in [1.165, 1.54) is 6.42 Å². The lowest BCUT2D eigenvalue weighted by Crippen LogP contribution is -2.41. The van der Waals surface area contributed by atoms with Gasteiger partial charge in [-0.25, -0.2) is 0 Å². The Bertz CT molecular complexity index is 432. The number of carbonyl (C=O) groups is 1. The molecule has 98 valence electrons. The number of nitrogens with zero attached hydrogens (tertiary/aromatic N) is 1. The molecule has 0 bridgehead atoms. The Balaban J connectivity index is 2.08. The molecule has 1 saturated heterocycles. The van der Waals surface area contributed by atoms with Gasteiger partial charge in [-0.2, -0.15) is 0 Å². The average Bonchev–Trinajstić information content (AvgIpc) is 2.37. The molecule has 0 radical (unpaired) electrons. The summed E-state index contributed by atoms with van der Waals surface area (Å²) in [5.41, 5.74) is 1.09. The quantitative estimate of drug-likeness (QED) is 0.813. The number of benzene rings is 1. The molecule has 0 N–H and O–H groups in total. The van der Waals surface area contributed by atoms with Crippen LogP contribution in [-0.4, -0.2) is 23.9 Å². The molecule has 1 heterocycles. The maximum Gasteiger partial charge on any atom is 0.229 e. The van der Waals surface area contributed by atoms with Crippen molar-refractivity contribution in [3.63, 3.8) is 0 Å². The second kappa shape index (κ2) is 5.87. The van der Waals surface area contributed by atoms with E-state index in [-0.39, 0.29) is 11.8 Å². The summed E-state index contributed by atoms with van der Waals surface area (Å²) in [5, 5.41) is 0. The van der Waals surface area contributed by atoms with E-state index in [0.717, 1.165) is 29.5 Å². The Kier molecular flexibility index (Phi) is 4.44. The summed E-state index contributed by atoms with van der Waals surface area (Å²) >= 11 is 3.46. The van der Waals surface area contributed by atoms with Crippen LogP contribution in [0.4, 0.5) is 0 Å². The highest BCUT2D eigenvalue weighted by atomic mass is 79.9. The maximum atomic E-state index is 12.5. The van der Waals surface area contributed by atoms with Crippen molar-refractivity contribution in [2.75, 3.05) is 13.1 Å². The minimum absolute atomic E-state index is 0.0483. The summed E-state index contributed by atoms with van der Waals surface area (Å²) in [6.45, 7) is 6.06. The largest absolute Gasteiger partial charge is 0.342 e. The van der Waals surface area contributed by atoms with Crippen LogP contribution in [0, 0.1) is 5.92 Å². The smallest absolute Gasteiger partial charge is 0.229 e. The van der Waals surface area contributed by atoms with E-state index in [1.807, 2.05) is 36.1 Å². The van der Waals surface area contributed by atoms with Crippen molar-refractivity contribution in [2.45, 2.75) is 32.6 Å². The van der Waals surface area contributed by atoms with E-state index in [4.69, 9.17) is 0 Å². The Morgan fingerprint density at radius 2 is 2.28 bits per heavy atom. The highest BCUT2D eigenvalue weighted by Crippen LogP contribution is 2.24. The van der Waals surface area contributed by atoms with Crippen molar-refractivity contribution in [3.05, 3.63) is 34.3 Å². The van der Waals surface area contributed by atoms with Crippen LogP contribution < -0.4 is 0 Å². The molecular weight excluding hydrogens is 290 g/mol. The van der Waals surface area contributed by atoms with Gasteiger partial charge in [0.05, 0.1) is 5.92 Å². The third kappa shape index (κ3) is 3.14. The summed E-state index contributed by atoms with van der Waals surface area (Å²) < 4.78 is 1.03. The summed E-state index contributed by atoms with van der Waals surface area (Å²) in [4.78, 5) is 14.5. The number of likely N-dealkylation sites (tertiary alicyclic amines) is 1. The molecule has 3 heteroatoms. The van der Waals surface area contributed by atoms with Gasteiger partial charge in [-0.3, -0.25) is 4.79 Å². The van der Waals surface area contributed by atoms with E-state index in [9.17, 15) is 4.79 Å². The van der Waals surface area contributed by atoms with Gasteiger partial charge in [0.1, 0.15) is 0 Å². The van der Waals surface area contributed by atoms with Crippen LogP contribution in [0.15, 0.2) is 28.7 Å². The van der Waals surface area contributed by atoms with Crippen molar-refractivity contribution in [1.29, 1.82) is 0 Å². The first kappa shape index (κ1) is 13.6. The molecule has 18 heavy (non-hydrogen) atoms. The number of piperidine rings is 1. The highest BCUT2D eigenvalue weighted by Gasteiger charge is 2.25. The number of hydrogen-bond donors (Lipinski definition) is 0. The minimum Gasteiger partial charge on any atom is -0.342 e. The molecule has 1 aromatic rings. The van der Waals surface area contributed by atoms with Crippen LogP contribution in [0.25, 0.3) is 0 Å².